The van der Waals surface area contributed by atoms with E-state index >= 15 is 0 Å². The molecule has 1 unspecified atom stereocenters. The van der Waals surface area contributed by atoms with Crippen LogP contribution in [0, 0.1) is 11.3 Å². The van der Waals surface area contributed by atoms with E-state index in [0.717, 1.165) is 19.8 Å². The van der Waals surface area contributed by atoms with E-state index in [9.17, 15) is 5.11 Å². The van der Waals surface area contributed by atoms with Crippen LogP contribution in [-0.2, 0) is 4.74 Å². The smallest absolute Gasteiger partial charge is 0.0689 e. The van der Waals surface area contributed by atoms with Gasteiger partial charge in [-0.3, -0.25) is 4.90 Å². The van der Waals surface area contributed by atoms with Crippen molar-refractivity contribution in [3.63, 3.8) is 0 Å². The molecule has 0 saturated carbocycles. The lowest BCUT2D eigenvalue weighted by molar-refractivity contribution is -0.0945. The number of likely N-dealkylation sites (tertiary alicyclic amines) is 1. The van der Waals surface area contributed by atoms with Crippen molar-refractivity contribution in [1.29, 1.82) is 0 Å². The van der Waals surface area contributed by atoms with Crippen LogP contribution in [0.4, 0.5) is 0 Å². The summed E-state index contributed by atoms with van der Waals surface area (Å²) in [5.74, 6) is 0.372. The number of hydrogen-bond donors (Lipinski definition) is 1. The average molecular weight is 213 g/mol. The van der Waals surface area contributed by atoms with Crippen LogP contribution in [0.1, 0.15) is 26.7 Å². The van der Waals surface area contributed by atoms with Gasteiger partial charge >= 0.3 is 0 Å². The third-order valence-electron chi connectivity index (χ3n) is 3.89. The maximum Gasteiger partial charge on any atom is 0.0689 e. The van der Waals surface area contributed by atoms with Crippen LogP contribution >= 0.6 is 0 Å². The summed E-state index contributed by atoms with van der Waals surface area (Å²) in [6, 6.07) is 0. The number of nitrogens with zero attached hydrogens (tertiary/aromatic N) is 1. The predicted octanol–water partition coefficient (Wildman–Crippen LogP) is 1.12. The van der Waals surface area contributed by atoms with E-state index in [1.807, 2.05) is 0 Å². The highest BCUT2D eigenvalue weighted by Gasteiger charge is 2.43. The van der Waals surface area contributed by atoms with E-state index in [4.69, 9.17) is 4.74 Å². The number of ether oxygens (including phenoxy) is 1. The van der Waals surface area contributed by atoms with Crippen molar-refractivity contribution < 1.29 is 9.84 Å². The summed E-state index contributed by atoms with van der Waals surface area (Å²) in [5, 5.41) is 9.78. The first kappa shape index (κ1) is 11.4. The SMILES string of the molecule is CC(C)C(O)CN1CC2(CCOCC2)C1. The van der Waals surface area contributed by atoms with Gasteiger partial charge in [-0.05, 0) is 18.8 Å². The normalized spacial score (nSPS) is 28.0. The number of aliphatic hydroxyl groups excluding tert-OH is 1. The Morgan fingerprint density at radius 3 is 2.40 bits per heavy atom. The van der Waals surface area contributed by atoms with Gasteiger partial charge in [-0.15, -0.1) is 0 Å². The molecular weight excluding hydrogens is 190 g/mol. The molecule has 88 valence electrons. The molecule has 0 aromatic heterocycles. The lowest BCUT2D eigenvalue weighted by Gasteiger charge is -2.53. The minimum atomic E-state index is -0.165. The molecule has 2 fully saturated rings. The third-order valence-corrected chi connectivity index (χ3v) is 3.89. The third kappa shape index (κ3) is 2.52. The zero-order chi connectivity index (χ0) is 10.9. The van der Waals surface area contributed by atoms with Gasteiger partial charge in [-0.25, -0.2) is 0 Å². The van der Waals surface area contributed by atoms with Crippen LogP contribution in [0.15, 0.2) is 0 Å². The molecule has 0 radical (unpaired) electrons. The minimum absolute atomic E-state index is 0.165. The van der Waals surface area contributed by atoms with Gasteiger partial charge in [0.1, 0.15) is 0 Å². The predicted molar refractivity (Wildman–Crippen MR) is 59.8 cm³/mol. The maximum absolute atomic E-state index is 9.78. The fourth-order valence-electron chi connectivity index (χ4n) is 2.63. The lowest BCUT2D eigenvalue weighted by atomic mass is 9.73. The molecule has 2 heterocycles. The standard InChI is InChI=1S/C12H23NO2/c1-10(2)11(14)7-13-8-12(9-13)3-5-15-6-4-12/h10-11,14H,3-9H2,1-2H3. The number of aliphatic hydroxyl groups is 1. The van der Waals surface area contributed by atoms with E-state index in [2.05, 4.69) is 18.7 Å². The van der Waals surface area contributed by atoms with E-state index in [1.54, 1.807) is 0 Å². The molecule has 1 N–H and O–H groups in total. The second-order valence-electron chi connectivity index (χ2n) is 5.59. The van der Waals surface area contributed by atoms with Crippen LogP contribution in [-0.4, -0.2) is 49.0 Å². The summed E-state index contributed by atoms with van der Waals surface area (Å²) in [5.41, 5.74) is 0.537. The molecule has 1 atom stereocenters. The first-order valence-electron chi connectivity index (χ1n) is 6.09. The summed E-state index contributed by atoms with van der Waals surface area (Å²) in [6.07, 6.45) is 2.25. The zero-order valence-electron chi connectivity index (χ0n) is 9.91. The molecule has 0 aliphatic carbocycles. The van der Waals surface area contributed by atoms with Crippen molar-refractivity contribution in [3.05, 3.63) is 0 Å². The number of hydrogen-bond acceptors (Lipinski definition) is 3. The molecule has 15 heavy (non-hydrogen) atoms. The van der Waals surface area contributed by atoms with Crippen LogP contribution in [0.3, 0.4) is 0 Å². The molecule has 2 rings (SSSR count). The fourth-order valence-corrected chi connectivity index (χ4v) is 2.63. The Morgan fingerprint density at radius 1 is 1.27 bits per heavy atom. The molecular formula is C12H23NO2. The molecule has 3 nitrogen and oxygen atoms in total. The van der Waals surface area contributed by atoms with Gasteiger partial charge in [0, 0.05) is 38.3 Å². The second-order valence-corrected chi connectivity index (χ2v) is 5.59. The van der Waals surface area contributed by atoms with Crippen molar-refractivity contribution in [2.45, 2.75) is 32.8 Å². The van der Waals surface area contributed by atoms with Gasteiger partial charge in [0.25, 0.3) is 0 Å². The maximum atomic E-state index is 9.78. The summed E-state index contributed by atoms with van der Waals surface area (Å²) < 4.78 is 5.39. The van der Waals surface area contributed by atoms with Crippen LogP contribution < -0.4 is 0 Å². The van der Waals surface area contributed by atoms with Crippen LogP contribution in [0.25, 0.3) is 0 Å². The van der Waals surface area contributed by atoms with Crippen molar-refractivity contribution in [3.8, 4) is 0 Å². The van der Waals surface area contributed by atoms with E-state index in [1.165, 1.54) is 25.9 Å². The molecule has 0 amide bonds. The van der Waals surface area contributed by atoms with Crippen molar-refractivity contribution in [1.82, 2.24) is 4.90 Å². The van der Waals surface area contributed by atoms with Crippen LogP contribution in [0.2, 0.25) is 0 Å². The number of β-amino-alcohol motifs (C(OH)–C–C–N with tert-alkyl or cyclic N) is 1. The van der Waals surface area contributed by atoms with E-state index in [-0.39, 0.29) is 6.10 Å². The Labute approximate surface area is 92.4 Å². The molecule has 0 aromatic rings. The molecule has 3 heteroatoms. The molecule has 0 aromatic carbocycles. The molecule has 2 aliphatic heterocycles. The first-order valence-corrected chi connectivity index (χ1v) is 6.09. The van der Waals surface area contributed by atoms with E-state index in [0.29, 0.717) is 11.3 Å². The van der Waals surface area contributed by atoms with Crippen molar-refractivity contribution in [2.75, 3.05) is 32.8 Å². The average Bonchev–Trinajstić information content (AvgIpc) is 2.16. The summed E-state index contributed by atoms with van der Waals surface area (Å²) in [4.78, 5) is 2.38. The molecule has 2 saturated heterocycles. The summed E-state index contributed by atoms with van der Waals surface area (Å²) >= 11 is 0. The minimum Gasteiger partial charge on any atom is -0.392 e. The van der Waals surface area contributed by atoms with Crippen LogP contribution in [0.5, 0.6) is 0 Å². The van der Waals surface area contributed by atoms with Gasteiger partial charge in [-0.1, -0.05) is 13.8 Å². The second kappa shape index (κ2) is 4.40. The van der Waals surface area contributed by atoms with Crippen molar-refractivity contribution in [2.24, 2.45) is 11.3 Å². The van der Waals surface area contributed by atoms with E-state index < -0.39 is 0 Å². The number of rotatable bonds is 3. The monoisotopic (exact) mass is 213 g/mol. The first-order chi connectivity index (χ1) is 7.11. The Balaban J connectivity index is 1.72. The highest BCUT2D eigenvalue weighted by Crippen LogP contribution is 2.39. The summed E-state index contributed by atoms with van der Waals surface area (Å²) in [7, 11) is 0. The van der Waals surface area contributed by atoms with Gasteiger partial charge in [-0.2, -0.15) is 0 Å². The highest BCUT2D eigenvalue weighted by molar-refractivity contribution is 4.96. The Bertz CT molecular complexity index is 204. The Kier molecular flexibility index (Phi) is 3.33. The van der Waals surface area contributed by atoms with Gasteiger partial charge in [0.15, 0.2) is 0 Å². The Morgan fingerprint density at radius 2 is 1.87 bits per heavy atom. The van der Waals surface area contributed by atoms with Gasteiger partial charge in [0.2, 0.25) is 0 Å². The lowest BCUT2D eigenvalue weighted by Crippen LogP contribution is -2.60. The highest BCUT2D eigenvalue weighted by atomic mass is 16.5. The largest absolute Gasteiger partial charge is 0.392 e. The summed E-state index contributed by atoms with van der Waals surface area (Å²) in [6.45, 7) is 9.20. The Hall–Kier alpha value is -0.120. The molecule has 1 spiro atoms. The fraction of sp³-hybridized carbons (Fsp3) is 1.00. The zero-order valence-corrected chi connectivity index (χ0v) is 9.91. The molecule has 0 bridgehead atoms. The van der Waals surface area contributed by atoms with Crippen molar-refractivity contribution >= 4 is 0 Å². The van der Waals surface area contributed by atoms with Gasteiger partial charge < -0.3 is 9.84 Å². The topological polar surface area (TPSA) is 32.7 Å². The quantitative estimate of drug-likeness (QED) is 0.762. The van der Waals surface area contributed by atoms with Gasteiger partial charge in [0.05, 0.1) is 6.10 Å². The molecule has 2 aliphatic rings.